The monoisotopic (exact) mass is 378 g/mol. The summed E-state index contributed by atoms with van der Waals surface area (Å²) in [5.74, 6) is 1.63. The molecule has 2 rings (SSSR count). The number of nitrogens with one attached hydrogen (secondary N) is 1. The highest BCUT2D eigenvalue weighted by molar-refractivity contribution is 7.99. The van der Waals surface area contributed by atoms with Crippen molar-refractivity contribution in [3.63, 3.8) is 0 Å². The average Bonchev–Trinajstić information content (AvgIpc) is 2.61. The van der Waals surface area contributed by atoms with Gasteiger partial charge in [-0.1, -0.05) is 24.6 Å². The van der Waals surface area contributed by atoms with Crippen molar-refractivity contribution >= 4 is 46.6 Å². The number of rotatable bonds is 7. The van der Waals surface area contributed by atoms with Crippen molar-refractivity contribution in [2.45, 2.75) is 29.6 Å². The maximum Gasteiger partial charge on any atom is 0.105 e. The van der Waals surface area contributed by atoms with Gasteiger partial charge in [0.05, 0.1) is 0 Å². The highest BCUT2D eigenvalue weighted by Gasteiger charge is 2.11. The van der Waals surface area contributed by atoms with Gasteiger partial charge in [-0.3, -0.25) is 5.41 Å². The number of benzene rings is 2. The first kappa shape index (κ1) is 19.2. The third kappa shape index (κ3) is 5.20. The van der Waals surface area contributed by atoms with Gasteiger partial charge in [0.2, 0.25) is 0 Å². The van der Waals surface area contributed by atoms with E-state index in [4.69, 9.17) is 17.0 Å². The maximum atomic E-state index is 8.46. The molecule has 0 atom stereocenters. The molecule has 0 heterocycles. The number of halogens is 1. The first-order valence-electron chi connectivity index (χ1n) is 7.91. The van der Waals surface area contributed by atoms with Crippen molar-refractivity contribution in [1.29, 1.82) is 5.41 Å². The van der Waals surface area contributed by atoms with Crippen LogP contribution < -0.4 is 4.90 Å². The number of thioether (sulfide) groups is 2. The zero-order valence-electron chi connectivity index (χ0n) is 14.3. The van der Waals surface area contributed by atoms with Crippen molar-refractivity contribution < 1.29 is 0 Å². The summed E-state index contributed by atoms with van der Waals surface area (Å²) >= 11 is 9.89. The van der Waals surface area contributed by atoms with E-state index in [9.17, 15) is 0 Å². The van der Waals surface area contributed by atoms with Gasteiger partial charge < -0.3 is 4.90 Å². The Bertz CT molecular complexity index is 704. The number of anilines is 1. The van der Waals surface area contributed by atoms with E-state index in [-0.39, 0.29) is 0 Å². The Morgan fingerprint density at radius 3 is 2.67 bits per heavy atom. The van der Waals surface area contributed by atoms with E-state index in [0.29, 0.717) is 12.3 Å². The molecule has 0 spiro atoms. The number of likely N-dealkylation sites (N-methyl/N-ethyl adjacent to an activating group) is 1. The second-order valence-electron chi connectivity index (χ2n) is 5.49. The van der Waals surface area contributed by atoms with Gasteiger partial charge in [-0.15, -0.1) is 23.5 Å². The molecule has 0 unspecified atom stereocenters. The van der Waals surface area contributed by atoms with Gasteiger partial charge in [-0.2, -0.15) is 0 Å². The molecule has 2 aromatic rings. The smallest absolute Gasteiger partial charge is 0.105 e. The number of amidine groups is 1. The Morgan fingerprint density at radius 1 is 1.17 bits per heavy atom. The molecule has 0 bridgehead atoms. The zero-order valence-corrected chi connectivity index (χ0v) is 16.7. The summed E-state index contributed by atoms with van der Waals surface area (Å²) in [5.41, 5.74) is 2.04. The quantitative estimate of drug-likeness (QED) is 0.352. The molecule has 2 nitrogen and oxygen atoms in total. The summed E-state index contributed by atoms with van der Waals surface area (Å²) in [6, 6.07) is 14.4. The van der Waals surface area contributed by atoms with Crippen LogP contribution >= 0.6 is 35.1 Å². The van der Waals surface area contributed by atoms with E-state index in [1.165, 1.54) is 9.79 Å². The lowest BCUT2D eigenvalue weighted by Crippen LogP contribution is -2.27. The highest BCUT2D eigenvalue weighted by atomic mass is 35.5. The summed E-state index contributed by atoms with van der Waals surface area (Å²) in [5, 5.41) is 9.18. The molecule has 0 aliphatic rings. The molecule has 0 saturated heterocycles. The fraction of sp³-hybridized carbons (Fsp3) is 0.316. The van der Waals surface area contributed by atoms with Gasteiger partial charge in [0.25, 0.3) is 0 Å². The maximum absolute atomic E-state index is 8.46. The van der Waals surface area contributed by atoms with Gasteiger partial charge in [0.15, 0.2) is 0 Å². The molecule has 0 aliphatic carbocycles. The number of hydrogen-bond acceptors (Lipinski definition) is 3. The van der Waals surface area contributed by atoms with Crippen molar-refractivity contribution in [1.82, 2.24) is 0 Å². The lowest BCUT2D eigenvalue weighted by molar-refractivity contribution is 1.10. The minimum atomic E-state index is 0.527. The van der Waals surface area contributed by atoms with Gasteiger partial charge in [0, 0.05) is 34.0 Å². The second kappa shape index (κ2) is 9.40. The molecule has 5 heteroatoms. The first-order chi connectivity index (χ1) is 11.5. The molecule has 0 amide bonds. The van der Waals surface area contributed by atoms with Gasteiger partial charge >= 0.3 is 0 Å². The van der Waals surface area contributed by atoms with Gasteiger partial charge in [-0.05, 0) is 60.4 Å². The molecule has 0 aliphatic heterocycles. The Kier molecular flexibility index (Phi) is 7.53. The van der Waals surface area contributed by atoms with E-state index in [2.05, 4.69) is 37.4 Å². The largest absolute Gasteiger partial charge is 0.333 e. The molecule has 1 N–H and O–H groups in total. The SMILES string of the molecule is CCCSc1ccc(Cl)c(CC(=N)N(C)c2cccc(SC)c2)c1. The van der Waals surface area contributed by atoms with Crippen LogP contribution in [-0.4, -0.2) is 24.9 Å². The molecule has 0 radical (unpaired) electrons. The van der Waals surface area contributed by atoms with Crippen LogP contribution in [0.25, 0.3) is 0 Å². The third-order valence-corrected chi connectivity index (χ3v) is 5.99. The van der Waals surface area contributed by atoms with Crippen LogP contribution in [0.1, 0.15) is 18.9 Å². The van der Waals surface area contributed by atoms with E-state index in [1.54, 1.807) is 11.8 Å². The molecule has 128 valence electrons. The number of hydrogen-bond donors (Lipinski definition) is 1. The van der Waals surface area contributed by atoms with E-state index in [1.807, 2.05) is 41.9 Å². The Morgan fingerprint density at radius 2 is 1.96 bits per heavy atom. The predicted octanol–water partition coefficient (Wildman–Crippen LogP) is 6.22. The lowest BCUT2D eigenvalue weighted by atomic mass is 10.1. The van der Waals surface area contributed by atoms with Gasteiger partial charge in [0.1, 0.15) is 5.84 Å². The van der Waals surface area contributed by atoms with Crippen LogP contribution in [0.2, 0.25) is 5.02 Å². The number of nitrogens with zero attached hydrogens (tertiary/aromatic N) is 1. The summed E-state index contributed by atoms with van der Waals surface area (Å²) in [6.45, 7) is 2.18. The topological polar surface area (TPSA) is 27.1 Å². The standard InChI is InChI=1S/C19H23ClN2S2/c1-4-10-24-17-8-9-18(20)14(11-17)12-19(21)22(2)15-6-5-7-16(13-15)23-3/h5-9,11,13,21H,4,10,12H2,1-3H3. The molecule has 24 heavy (non-hydrogen) atoms. The van der Waals surface area contributed by atoms with Crippen molar-refractivity contribution in [2.24, 2.45) is 0 Å². The molecular formula is C19H23ClN2S2. The summed E-state index contributed by atoms with van der Waals surface area (Å²) in [6.07, 6.45) is 3.73. The Hall–Kier alpha value is -1.10. The Labute approximate surface area is 158 Å². The fourth-order valence-corrected chi connectivity index (χ4v) is 3.74. The predicted molar refractivity (Wildman–Crippen MR) is 111 cm³/mol. The first-order valence-corrected chi connectivity index (χ1v) is 10.5. The second-order valence-corrected chi connectivity index (χ2v) is 7.94. The van der Waals surface area contributed by atoms with Crippen LogP contribution in [0.15, 0.2) is 52.3 Å². The average molecular weight is 379 g/mol. The molecule has 0 aromatic heterocycles. The minimum absolute atomic E-state index is 0.527. The normalized spacial score (nSPS) is 10.7. The molecule has 2 aromatic carbocycles. The van der Waals surface area contributed by atoms with Crippen LogP contribution in [0.5, 0.6) is 0 Å². The molecular weight excluding hydrogens is 356 g/mol. The van der Waals surface area contributed by atoms with Crippen LogP contribution in [0, 0.1) is 5.41 Å². The van der Waals surface area contributed by atoms with Gasteiger partial charge in [-0.25, -0.2) is 0 Å². The summed E-state index contributed by atoms with van der Waals surface area (Å²) < 4.78 is 0. The van der Waals surface area contributed by atoms with Crippen LogP contribution in [0.3, 0.4) is 0 Å². The third-order valence-electron chi connectivity index (χ3n) is 3.69. The fourth-order valence-electron chi connectivity index (χ4n) is 2.27. The lowest BCUT2D eigenvalue weighted by Gasteiger charge is -2.21. The summed E-state index contributed by atoms with van der Waals surface area (Å²) in [7, 11) is 1.94. The van der Waals surface area contributed by atoms with Crippen molar-refractivity contribution in [3.05, 3.63) is 53.1 Å². The zero-order chi connectivity index (χ0) is 17.5. The summed E-state index contributed by atoms with van der Waals surface area (Å²) in [4.78, 5) is 4.33. The van der Waals surface area contributed by atoms with E-state index < -0.39 is 0 Å². The van der Waals surface area contributed by atoms with Crippen LogP contribution in [-0.2, 0) is 6.42 Å². The van der Waals surface area contributed by atoms with E-state index in [0.717, 1.165) is 28.4 Å². The highest BCUT2D eigenvalue weighted by Crippen LogP contribution is 2.27. The van der Waals surface area contributed by atoms with Crippen molar-refractivity contribution in [2.75, 3.05) is 24.0 Å². The van der Waals surface area contributed by atoms with E-state index >= 15 is 0 Å². The molecule has 0 saturated carbocycles. The van der Waals surface area contributed by atoms with Crippen molar-refractivity contribution in [3.8, 4) is 0 Å². The van der Waals surface area contributed by atoms with Crippen LogP contribution in [0.4, 0.5) is 5.69 Å². The molecule has 0 fully saturated rings. The minimum Gasteiger partial charge on any atom is -0.333 e. The Balaban J connectivity index is 2.13.